The molecule has 0 aromatic heterocycles. The molecule has 0 spiro atoms. The zero-order valence-electron chi connectivity index (χ0n) is 13.3. The minimum atomic E-state index is -0.961. The molecule has 8 heteroatoms. The summed E-state index contributed by atoms with van der Waals surface area (Å²) in [6.45, 7) is 5.20. The molecule has 0 saturated carbocycles. The maximum atomic E-state index is 12.0. The Morgan fingerprint density at radius 1 is 1.33 bits per heavy atom. The van der Waals surface area contributed by atoms with Crippen molar-refractivity contribution in [2.75, 3.05) is 6.54 Å². The molecule has 3 amide bonds. The molecule has 24 heavy (non-hydrogen) atoms. The van der Waals surface area contributed by atoms with E-state index in [1.54, 1.807) is 24.3 Å². The topological polar surface area (TPSA) is 111 Å². The van der Waals surface area contributed by atoms with Crippen LogP contribution >= 0.6 is 11.6 Å². The van der Waals surface area contributed by atoms with Gasteiger partial charge in [-0.2, -0.15) is 0 Å². The van der Waals surface area contributed by atoms with E-state index in [0.29, 0.717) is 10.6 Å². The Morgan fingerprint density at radius 2 is 1.96 bits per heavy atom. The normalized spacial score (nSPS) is 12.6. The summed E-state index contributed by atoms with van der Waals surface area (Å²) < 4.78 is 5.06. The Bertz CT molecular complexity index is 604. The highest BCUT2D eigenvalue weighted by Gasteiger charge is 2.22. The molecule has 130 valence electrons. The molecule has 0 aliphatic carbocycles. The fraction of sp³-hybridized carbons (Fsp3) is 0.312. The van der Waals surface area contributed by atoms with Crippen molar-refractivity contribution in [2.24, 2.45) is 5.73 Å². The van der Waals surface area contributed by atoms with Crippen molar-refractivity contribution in [2.45, 2.75) is 25.5 Å². The Kier molecular flexibility index (Phi) is 7.77. The average Bonchev–Trinajstić information content (AvgIpc) is 2.52. The molecule has 1 rings (SSSR count). The van der Waals surface area contributed by atoms with Crippen LogP contribution in [0.15, 0.2) is 36.9 Å². The first-order valence-electron chi connectivity index (χ1n) is 7.23. The number of amides is 3. The average molecular weight is 354 g/mol. The van der Waals surface area contributed by atoms with Crippen molar-refractivity contribution < 1.29 is 19.1 Å². The van der Waals surface area contributed by atoms with Gasteiger partial charge in [-0.1, -0.05) is 29.8 Å². The number of halogens is 1. The summed E-state index contributed by atoms with van der Waals surface area (Å²) in [6.07, 6.45) is 0.376. The third kappa shape index (κ3) is 6.70. The van der Waals surface area contributed by atoms with E-state index in [-0.39, 0.29) is 13.0 Å². The van der Waals surface area contributed by atoms with E-state index in [1.807, 2.05) is 0 Å². The minimum absolute atomic E-state index is 0.177. The molecule has 0 heterocycles. The highest BCUT2D eigenvalue weighted by molar-refractivity contribution is 6.30. The molecule has 2 atom stereocenters. The van der Waals surface area contributed by atoms with Gasteiger partial charge < -0.3 is 21.1 Å². The first-order chi connectivity index (χ1) is 11.3. The second kappa shape index (κ2) is 9.57. The van der Waals surface area contributed by atoms with Crippen LogP contribution in [0, 0.1) is 0 Å². The number of urea groups is 1. The molecule has 0 radical (unpaired) electrons. The van der Waals surface area contributed by atoms with E-state index in [1.165, 1.54) is 13.0 Å². The molecule has 0 fully saturated rings. The number of ether oxygens (including phenoxy) is 1. The minimum Gasteiger partial charge on any atom is -0.452 e. The Morgan fingerprint density at radius 3 is 2.50 bits per heavy atom. The molecule has 0 aliphatic rings. The Labute approximate surface area is 145 Å². The monoisotopic (exact) mass is 353 g/mol. The van der Waals surface area contributed by atoms with E-state index in [9.17, 15) is 14.4 Å². The van der Waals surface area contributed by atoms with E-state index in [0.717, 1.165) is 0 Å². The fourth-order valence-electron chi connectivity index (χ4n) is 1.90. The maximum absolute atomic E-state index is 12.0. The summed E-state index contributed by atoms with van der Waals surface area (Å²) in [7, 11) is 0. The Hall–Kier alpha value is -2.54. The number of carbonyl (C=O) groups is 3. The van der Waals surface area contributed by atoms with Gasteiger partial charge in [0.2, 0.25) is 0 Å². The second-order valence-electron chi connectivity index (χ2n) is 4.98. The van der Waals surface area contributed by atoms with Gasteiger partial charge in [0.1, 0.15) is 0 Å². The van der Waals surface area contributed by atoms with E-state index in [4.69, 9.17) is 22.1 Å². The lowest BCUT2D eigenvalue weighted by molar-refractivity contribution is -0.155. The zero-order valence-corrected chi connectivity index (χ0v) is 14.0. The first kappa shape index (κ1) is 19.5. The van der Waals surface area contributed by atoms with E-state index >= 15 is 0 Å². The molecular weight excluding hydrogens is 334 g/mol. The molecule has 0 saturated heterocycles. The van der Waals surface area contributed by atoms with Crippen LogP contribution in [-0.4, -0.2) is 30.6 Å². The smallest absolute Gasteiger partial charge is 0.312 e. The number of nitrogens with one attached hydrogen (secondary N) is 2. The van der Waals surface area contributed by atoms with Crippen LogP contribution in [0.3, 0.4) is 0 Å². The number of carbonyl (C=O) groups excluding carboxylic acids is 3. The van der Waals surface area contributed by atoms with Gasteiger partial charge >= 0.3 is 12.0 Å². The number of rotatable bonds is 8. The molecule has 0 bridgehead atoms. The lowest BCUT2D eigenvalue weighted by atomic mass is 10.0. The number of nitrogens with two attached hydrogens (primary N) is 1. The van der Waals surface area contributed by atoms with Crippen LogP contribution in [0.2, 0.25) is 5.02 Å². The van der Waals surface area contributed by atoms with Gasteiger partial charge in [0.15, 0.2) is 6.10 Å². The van der Waals surface area contributed by atoms with Gasteiger partial charge in [-0.05, 0) is 24.6 Å². The van der Waals surface area contributed by atoms with Crippen LogP contribution in [0.4, 0.5) is 4.79 Å². The number of primary amides is 1. The second-order valence-corrected chi connectivity index (χ2v) is 5.42. The number of esters is 1. The third-order valence-corrected chi connectivity index (χ3v) is 3.31. The van der Waals surface area contributed by atoms with Crippen molar-refractivity contribution in [1.29, 1.82) is 0 Å². The lowest BCUT2D eigenvalue weighted by Gasteiger charge is -2.19. The highest BCUT2D eigenvalue weighted by Crippen LogP contribution is 2.20. The predicted octanol–water partition coefficient (Wildman–Crippen LogP) is 1.67. The van der Waals surface area contributed by atoms with Crippen molar-refractivity contribution in [3.63, 3.8) is 0 Å². The van der Waals surface area contributed by atoms with Crippen LogP contribution in [0.25, 0.3) is 0 Å². The molecular formula is C16H20ClN3O4. The summed E-state index contributed by atoms with van der Waals surface area (Å²) in [5, 5.41) is 5.51. The molecule has 4 N–H and O–H groups in total. The zero-order chi connectivity index (χ0) is 18.1. The molecule has 1 aromatic rings. The first-order valence-corrected chi connectivity index (χ1v) is 7.60. The van der Waals surface area contributed by atoms with Gasteiger partial charge in [0.05, 0.1) is 12.5 Å². The number of hydrogen-bond acceptors (Lipinski definition) is 4. The van der Waals surface area contributed by atoms with Crippen molar-refractivity contribution in [3.05, 3.63) is 47.5 Å². The Balaban J connectivity index is 2.70. The van der Waals surface area contributed by atoms with Crippen LogP contribution in [0.5, 0.6) is 0 Å². The van der Waals surface area contributed by atoms with Crippen LogP contribution < -0.4 is 16.4 Å². The SMILES string of the molecule is C=CCNC(=O)[C@H](C)OC(=O)C[C@H](NC(N)=O)c1ccc(Cl)cc1. The molecule has 1 aromatic carbocycles. The van der Waals surface area contributed by atoms with Crippen molar-refractivity contribution in [1.82, 2.24) is 10.6 Å². The van der Waals surface area contributed by atoms with Gasteiger partial charge in [-0.3, -0.25) is 9.59 Å². The van der Waals surface area contributed by atoms with Gasteiger partial charge in [-0.25, -0.2) is 4.79 Å². The van der Waals surface area contributed by atoms with Crippen molar-refractivity contribution in [3.8, 4) is 0 Å². The molecule has 0 aliphatic heterocycles. The summed E-state index contributed by atoms with van der Waals surface area (Å²) in [5.74, 6) is -1.08. The largest absolute Gasteiger partial charge is 0.452 e. The number of hydrogen-bond donors (Lipinski definition) is 3. The fourth-order valence-corrected chi connectivity index (χ4v) is 2.03. The van der Waals surface area contributed by atoms with Gasteiger partial charge in [0.25, 0.3) is 5.91 Å². The maximum Gasteiger partial charge on any atom is 0.312 e. The van der Waals surface area contributed by atoms with Crippen molar-refractivity contribution >= 4 is 29.5 Å². The molecule has 7 nitrogen and oxygen atoms in total. The summed E-state index contributed by atoms with van der Waals surface area (Å²) >= 11 is 5.82. The van der Waals surface area contributed by atoms with Crippen LogP contribution in [0.1, 0.15) is 24.9 Å². The van der Waals surface area contributed by atoms with E-state index < -0.39 is 30.1 Å². The lowest BCUT2D eigenvalue weighted by Crippen LogP contribution is -2.38. The van der Waals surface area contributed by atoms with Crippen LogP contribution in [-0.2, 0) is 14.3 Å². The van der Waals surface area contributed by atoms with Gasteiger partial charge in [0, 0.05) is 11.6 Å². The molecule has 0 unspecified atom stereocenters. The summed E-state index contributed by atoms with van der Waals surface area (Å²) in [4.78, 5) is 34.8. The van der Waals surface area contributed by atoms with E-state index in [2.05, 4.69) is 17.2 Å². The summed E-state index contributed by atoms with van der Waals surface area (Å²) in [5.41, 5.74) is 5.78. The number of benzene rings is 1. The predicted molar refractivity (Wildman–Crippen MR) is 90.3 cm³/mol. The quantitative estimate of drug-likeness (QED) is 0.487. The third-order valence-electron chi connectivity index (χ3n) is 3.06. The highest BCUT2D eigenvalue weighted by atomic mass is 35.5. The summed E-state index contributed by atoms with van der Waals surface area (Å²) in [6, 6.07) is 5.12. The van der Waals surface area contributed by atoms with Gasteiger partial charge in [-0.15, -0.1) is 6.58 Å². The standard InChI is InChI=1S/C16H20ClN3O4/c1-3-8-19-15(22)10(2)24-14(21)9-13(20-16(18)23)11-4-6-12(17)7-5-11/h3-7,10,13H,1,8-9H2,2H3,(H,19,22)(H3,18,20,23)/t10-,13-/m0/s1.